The number of benzene rings is 1. The van der Waals surface area contributed by atoms with E-state index in [9.17, 15) is 9.59 Å². The largest absolute Gasteiger partial charge is 0.350 e. The van der Waals surface area contributed by atoms with Gasteiger partial charge in [-0.2, -0.15) is 0 Å². The molecular formula is C21H31N3O4. The monoisotopic (exact) mass is 389 g/mol. The van der Waals surface area contributed by atoms with Crippen molar-refractivity contribution in [2.45, 2.75) is 33.0 Å². The molecule has 2 saturated heterocycles. The Hall–Kier alpha value is -1.96. The molecule has 0 spiro atoms. The molecule has 2 heterocycles. The summed E-state index contributed by atoms with van der Waals surface area (Å²) in [6.07, 6.45) is 1.86. The summed E-state index contributed by atoms with van der Waals surface area (Å²) < 4.78 is 11.2. The number of likely N-dealkylation sites (tertiary alicyclic amines) is 1. The minimum atomic E-state index is -0.178. The highest BCUT2D eigenvalue weighted by Crippen LogP contribution is 2.25. The van der Waals surface area contributed by atoms with Crippen molar-refractivity contribution < 1.29 is 19.1 Å². The van der Waals surface area contributed by atoms with E-state index >= 15 is 0 Å². The first-order chi connectivity index (χ1) is 13.4. The first-order valence-electron chi connectivity index (χ1n) is 9.99. The molecule has 2 aliphatic rings. The lowest BCUT2D eigenvalue weighted by Crippen LogP contribution is -2.45. The fourth-order valence-electron chi connectivity index (χ4n) is 3.84. The van der Waals surface area contributed by atoms with Crippen LogP contribution in [0.4, 0.5) is 5.69 Å². The van der Waals surface area contributed by atoms with Gasteiger partial charge in [0.2, 0.25) is 11.8 Å². The first-order valence-corrected chi connectivity index (χ1v) is 9.99. The van der Waals surface area contributed by atoms with Crippen LogP contribution in [-0.4, -0.2) is 74.3 Å². The number of anilines is 1. The van der Waals surface area contributed by atoms with Crippen molar-refractivity contribution in [3.63, 3.8) is 0 Å². The van der Waals surface area contributed by atoms with Crippen LogP contribution in [0.2, 0.25) is 0 Å². The zero-order valence-corrected chi connectivity index (χ0v) is 17.1. The van der Waals surface area contributed by atoms with Crippen molar-refractivity contribution in [1.29, 1.82) is 0 Å². The molecule has 154 valence electrons. The Kier molecular flexibility index (Phi) is 7.04. The zero-order chi connectivity index (χ0) is 20.1. The lowest BCUT2D eigenvalue weighted by Gasteiger charge is -2.34. The minimum absolute atomic E-state index is 0.0385. The lowest BCUT2D eigenvalue weighted by molar-refractivity contribution is -0.135. The lowest BCUT2D eigenvalue weighted by atomic mass is 9.96. The molecule has 0 radical (unpaired) electrons. The molecule has 7 heteroatoms. The molecule has 0 unspecified atom stereocenters. The summed E-state index contributed by atoms with van der Waals surface area (Å²) in [7, 11) is 1.68. The smallest absolute Gasteiger partial charge is 0.243 e. The summed E-state index contributed by atoms with van der Waals surface area (Å²) >= 11 is 0. The number of nitrogens with one attached hydrogen (secondary N) is 1. The highest BCUT2D eigenvalue weighted by Gasteiger charge is 2.31. The number of carbonyl (C=O) groups is 2. The molecule has 0 saturated carbocycles. The molecule has 2 amide bonds. The van der Waals surface area contributed by atoms with Crippen LogP contribution in [0.3, 0.4) is 0 Å². The van der Waals surface area contributed by atoms with Gasteiger partial charge in [-0.1, -0.05) is 18.2 Å². The molecular weight excluding hydrogens is 358 g/mol. The van der Waals surface area contributed by atoms with E-state index in [4.69, 9.17) is 9.47 Å². The standard InChI is InChI=1S/C21H31N3O4/c1-15-5-4-6-16(2)20(15)22-18(25)13-23(3)19(26)14-24-9-7-17(8-10-24)21-27-11-12-28-21/h4-6,17,21H,7-14H2,1-3H3,(H,22,25). The van der Waals surface area contributed by atoms with Crippen molar-refractivity contribution in [1.82, 2.24) is 9.80 Å². The number of piperidine rings is 1. The first kappa shape index (κ1) is 20.8. The summed E-state index contributed by atoms with van der Waals surface area (Å²) in [6, 6.07) is 5.88. The third-order valence-electron chi connectivity index (χ3n) is 5.58. The van der Waals surface area contributed by atoms with Gasteiger partial charge in [0, 0.05) is 18.7 Å². The van der Waals surface area contributed by atoms with E-state index in [1.165, 1.54) is 4.90 Å². The molecule has 7 nitrogen and oxygen atoms in total. The molecule has 2 fully saturated rings. The molecule has 0 bridgehead atoms. The average molecular weight is 389 g/mol. The maximum absolute atomic E-state index is 12.5. The van der Waals surface area contributed by atoms with Crippen molar-refractivity contribution in [3.05, 3.63) is 29.3 Å². The van der Waals surface area contributed by atoms with Crippen molar-refractivity contribution in [2.75, 3.05) is 51.8 Å². The van der Waals surface area contributed by atoms with Gasteiger partial charge in [-0.15, -0.1) is 0 Å². The Morgan fingerprint density at radius 1 is 1.14 bits per heavy atom. The third kappa shape index (κ3) is 5.31. The quantitative estimate of drug-likeness (QED) is 0.803. The molecule has 0 aliphatic carbocycles. The van der Waals surface area contributed by atoms with Gasteiger partial charge in [-0.05, 0) is 50.9 Å². The van der Waals surface area contributed by atoms with Crippen LogP contribution in [0.15, 0.2) is 18.2 Å². The fourth-order valence-corrected chi connectivity index (χ4v) is 3.84. The summed E-state index contributed by atoms with van der Waals surface area (Å²) in [5, 5.41) is 2.93. The predicted molar refractivity (Wildman–Crippen MR) is 107 cm³/mol. The number of amides is 2. The van der Waals surface area contributed by atoms with Crippen molar-refractivity contribution in [3.8, 4) is 0 Å². The highest BCUT2D eigenvalue weighted by atomic mass is 16.7. The molecule has 3 rings (SSSR count). The van der Waals surface area contributed by atoms with Crippen LogP contribution >= 0.6 is 0 Å². The van der Waals surface area contributed by atoms with E-state index < -0.39 is 0 Å². The number of nitrogens with zero attached hydrogens (tertiary/aromatic N) is 2. The Bertz CT molecular complexity index is 675. The van der Waals surface area contributed by atoms with Gasteiger partial charge in [-0.25, -0.2) is 0 Å². The molecule has 0 atom stereocenters. The number of carbonyl (C=O) groups excluding carboxylic acids is 2. The number of para-hydroxylation sites is 1. The van der Waals surface area contributed by atoms with Gasteiger partial charge in [0.1, 0.15) is 0 Å². The normalized spacial score (nSPS) is 19.0. The topological polar surface area (TPSA) is 71.1 Å². The SMILES string of the molecule is Cc1cccc(C)c1NC(=O)CN(C)C(=O)CN1CCC(C2OCCO2)CC1. The fraction of sp³-hybridized carbons (Fsp3) is 0.619. The van der Waals surface area contributed by atoms with E-state index in [2.05, 4.69) is 10.2 Å². The van der Waals surface area contributed by atoms with Crippen molar-refractivity contribution in [2.24, 2.45) is 5.92 Å². The zero-order valence-electron chi connectivity index (χ0n) is 17.1. The van der Waals surface area contributed by atoms with E-state index in [-0.39, 0.29) is 24.6 Å². The molecule has 1 aromatic carbocycles. The van der Waals surface area contributed by atoms with Crippen LogP contribution < -0.4 is 5.32 Å². The second-order valence-electron chi connectivity index (χ2n) is 7.79. The van der Waals surface area contributed by atoms with E-state index in [0.717, 1.165) is 42.7 Å². The van der Waals surface area contributed by atoms with Gasteiger partial charge in [0.05, 0.1) is 26.3 Å². The number of rotatable bonds is 6. The summed E-state index contributed by atoms with van der Waals surface area (Å²) in [6.45, 7) is 7.37. The van der Waals surface area contributed by atoms with Gasteiger partial charge in [0.15, 0.2) is 6.29 Å². The van der Waals surface area contributed by atoms with Crippen molar-refractivity contribution >= 4 is 17.5 Å². The van der Waals surface area contributed by atoms with Crippen LogP contribution in [-0.2, 0) is 19.1 Å². The summed E-state index contributed by atoms with van der Waals surface area (Å²) in [5.41, 5.74) is 2.85. The predicted octanol–water partition coefficient (Wildman–Crippen LogP) is 1.79. The molecule has 2 aliphatic heterocycles. The van der Waals surface area contributed by atoms with Crippen LogP contribution in [0.1, 0.15) is 24.0 Å². The Labute approximate surface area is 167 Å². The van der Waals surface area contributed by atoms with Crippen LogP contribution in [0.5, 0.6) is 0 Å². The molecule has 28 heavy (non-hydrogen) atoms. The Morgan fingerprint density at radius 2 is 1.75 bits per heavy atom. The summed E-state index contributed by atoms with van der Waals surface area (Å²) in [5.74, 6) is 0.195. The highest BCUT2D eigenvalue weighted by molar-refractivity contribution is 5.95. The number of likely N-dealkylation sites (N-methyl/N-ethyl adjacent to an activating group) is 1. The Balaban J connectivity index is 1.42. The van der Waals surface area contributed by atoms with E-state index in [1.54, 1.807) is 7.05 Å². The summed E-state index contributed by atoms with van der Waals surface area (Å²) in [4.78, 5) is 28.5. The van der Waals surface area contributed by atoms with Crippen LogP contribution in [0.25, 0.3) is 0 Å². The van der Waals surface area contributed by atoms with E-state index in [1.807, 2.05) is 32.0 Å². The minimum Gasteiger partial charge on any atom is -0.350 e. The van der Waals surface area contributed by atoms with Crippen LogP contribution in [0, 0.1) is 19.8 Å². The van der Waals surface area contributed by atoms with Gasteiger partial charge in [0.25, 0.3) is 0 Å². The number of hydrogen-bond donors (Lipinski definition) is 1. The maximum atomic E-state index is 12.5. The van der Waals surface area contributed by atoms with E-state index in [0.29, 0.717) is 25.7 Å². The Morgan fingerprint density at radius 3 is 2.36 bits per heavy atom. The third-order valence-corrected chi connectivity index (χ3v) is 5.58. The second kappa shape index (κ2) is 9.49. The van der Waals surface area contributed by atoms with Gasteiger partial charge < -0.3 is 19.7 Å². The maximum Gasteiger partial charge on any atom is 0.243 e. The van der Waals surface area contributed by atoms with Gasteiger partial charge in [-0.3, -0.25) is 14.5 Å². The molecule has 1 N–H and O–H groups in total. The number of aryl methyl sites for hydroxylation is 2. The number of hydrogen-bond acceptors (Lipinski definition) is 5. The molecule has 0 aromatic heterocycles. The molecule has 1 aromatic rings. The number of ether oxygens (including phenoxy) is 2. The van der Waals surface area contributed by atoms with Gasteiger partial charge >= 0.3 is 0 Å². The second-order valence-corrected chi connectivity index (χ2v) is 7.79. The average Bonchev–Trinajstić information content (AvgIpc) is 3.20.